The molecule has 0 radical (unpaired) electrons. The molecule has 0 atom stereocenters. The van der Waals surface area contributed by atoms with Gasteiger partial charge in [-0.2, -0.15) is 0 Å². The van der Waals surface area contributed by atoms with Crippen LogP contribution in [0.5, 0.6) is 0 Å². The molecule has 0 fully saturated rings. The average Bonchev–Trinajstić information content (AvgIpc) is 2.06. The van der Waals surface area contributed by atoms with E-state index in [1.807, 2.05) is 6.92 Å². The van der Waals surface area contributed by atoms with Gasteiger partial charge < -0.3 is 10.1 Å². The average molecular weight is 169 g/mol. The number of unbranched alkanes of at least 4 members (excludes halogenated alkanes) is 1. The number of ether oxygens (including phenoxy) is 1. The minimum Gasteiger partial charge on any atom is -0.450 e. The first-order chi connectivity index (χ1) is 5.81. The monoisotopic (exact) mass is 169 g/mol. The normalized spacial score (nSPS) is 8.67. The lowest BCUT2D eigenvalue weighted by atomic mass is 10.4. The molecule has 0 aliphatic heterocycles. The first-order valence-corrected chi connectivity index (χ1v) is 4.15. The smallest absolute Gasteiger partial charge is 0.407 e. The van der Waals surface area contributed by atoms with E-state index in [-0.39, 0.29) is 6.09 Å². The highest BCUT2D eigenvalue weighted by Crippen LogP contribution is 1.88. The molecule has 0 aliphatic rings. The standard InChI is InChI=1S/C9H15NO2/c1-3-5-7-10-9(11)12-8-6-4-2/h1H,4-8H2,2H3,(H,10,11). The lowest BCUT2D eigenvalue weighted by Crippen LogP contribution is -2.25. The van der Waals surface area contributed by atoms with Gasteiger partial charge in [-0.25, -0.2) is 4.79 Å². The molecule has 0 aromatic rings. The minimum absolute atomic E-state index is 0.376. The Kier molecular flexibility index (Phi) is 7.16. The van der Waals surface area contributed by atoms with E-state index in [2.05, 4.69) is 11.2 Å². The van der Waals surface area contributed by atoms with Gasteiger partial charge in [0.15, 0.2) is 0 Å². The third-order valence-electron chi connectivity index (χ3n) is 1.27. The molecule has 1 N–H and O–H groups in total. The van der Waals surface area contributed by atoms with Gasteiger partial charge in [0.05, 0.1) is 6.61 Å². The number of nitrogens with one attached hydrogen (secondary N) is 1. The van der Waals surface area contributed by atoms with E-state index in [1.165, 1.54) is 0 Å². The first-order valence-electron chi connectivity index (χ1n) is 4.15. The van der Waals surface area contributed by atoms with Crippen molar-refractivity contribution < 1.29 is 9.53 Å². The Morgan fingerprint density at radius 2 is 2.42 bits per heavy atom. The summed E-state index contributed by atoms with van der Waals surface area (Å²) in [5.74, 6) is 2.42. The van der Waals surface area contributed by atoms with E-state index in [1.54, 1.807) is 0 Å². The predicted octanol–water partition coefficient (Wildman–Crippen LogP) is 1.54. The molecule has 12 heavy (non-hydrogen) atoms. The van der Waals surface area contributed by atoms with Crippen LogP contribution in [0, 0.1) is 12.3 Å². The van der Waals surface area contributed by atoms with Crippen LogP contribution in [-0.4, -0.2) is 19.2 Å². The molecule has 1 amide bonds. The maximum Gasteiger partial charge on any atom is 0.407 e. The largest absolute Gasteiger partial charge is 0.450 e. The highest BCUT2D eigenvalue weighted by molar-refractivity contribution is 5.67. The van der Waals surface area contributed by atoms with Crippen molar-refractivity contribution in [1.29, 1.82) is 0 Å². The Hall–Kier alpha value is -1.17. The third kappa shape index (κ3) is 6.94. The van der Waals surface area contributed by atoms with Crippen LogP contribution in [0.15, 0.2) is 0 Å². The Balaban J connectivity index is 3.17. The molecular formula is C9H15NO2. The molecule has 0 aliphatic carbocycles. The maximum atomic E-state index is 10.8. The second kappa shape index (κ2) is 7.93. The van der Waals surface area contributed by atoms with Crippen LogP contribution in [0.2, 0.25) is 0 Å². The zero-order valence-corrected chi connectivity index (χ0v) is 7.43. The Morgan fingerprint density at radius 1 is 1.67 bits per heavy atom. The SMILES string of the molecule is C#CCCNC(=O)OCCCC. The van der Waals surface area contributed by atoms with Gasteiger partial charge in [-0.05, 0) is 6.42 Å². The summed E-state index contributed by atoms with van der Waals surface area (Å²) < 4.78 is 4.81. The molecule has 0 spiro atoms. The molecule has 0 saturated carbocycles. The van der Waals surface area contributed by atoms with Crippen LogP contribution in [0.3, 0.4) is 0 Å². The van der Waals surface area contributed by atoms with Gasteiger partial charge in [0.25, 0.3) is 0 Å². The van der Waals surface area contributed by atoms with Crippen molar-refractivity contribution in [1.82, 2.24) is 5.32 Å². The summed E-state index contributed by atoms with van der Waals surface area (Å²) in [7, 11) is 0. The second-order valence-corrected chi connectivity index (χ2v) is 2.37. The molecule has 0 saturated heterocycles. The van der Waals surface area contributed by atoms with Gasteiger partial charge in [0, 0.05) is 13.0 Å². The molecule has 68 valence electrons. The van der Waals surface area contributed by atoms with Gasteiger partial charge in [-0.1, -0.05) is 13.3 Å². The zero-order valence-electron chi connectivity index (χ0n) is 7.43. The number of terminal acetylenes is 1. The number of carbonyl (C=O) groups excluding carboxylic acids is 1. The fourth-order valence-electron chi connectivity index (χ4n) is 0.597. The lowest BCUT2D eigenvalue weighted by molar-refractivity contribution is 0.145. The molecule has 0 heterocycles. The van der Waals surface area contributed by atoms with Crippen molar-refractivity contribution in [2.45, 2.75) is 26.2 Å². The van der Waals surface area contributed by atoms with E-state index in [4.69, 9.17) is 11.2 Å². The van der Waals surface area contributed by atoms with Crippen molar-refractivity contribution in [3.63, 3.8) is 0 Å². The predicted molar refractivity (Wildman–Crippen MR) is 47.7 cm³/mol. The van der Waals surface area contributed by atoms with Gasteiger partial charge in [0.1, 0.15) is 0 Å². The van der Waals surface area contributed by atoms with E-state index >= 15 is 0 Å². The number of hydrogen-bond acceptors (Lipinski definition) is 2. The fraction of sp³-hybridized carbons (Fsp3) is 0.667. The van der Waals surface area contributed by atoms with Crippen LogP contribution in [0.1, 0.15) is 26.2 Å². The van der Waals surface area contributed by atoms with E-state index in [0.717, 1.165) is 12.8 Å². The minimum atomic E-state index is -0.376. The highest BCUT2D eigenvalue weighted by atomic mass is 16.5. The molecule has 3 nitrogen and oxygen atoms in total. The van der Waals surface area contributed by atoms with E-state index < -0.39 is 0 Å². The summed E-state index contributed by atoms with van der Waals surface area (Å²) in [6, 6.07) is 0. The number of carbonyl (C=O) groups is 1. The Bertz CT molecular complexity index is 160. The Morgan fingerprint density at radius 3 is 3.00 bits per heavy atom. The number of rotatable bonds is 5. The summed E-state index contributed by atoms with van der Waals surface area (Å²) in [5.41, 5.74) is 0. The summed E-state index contributed by atoms with van der Waals surface area (Å²) in [4.78, 5) is 10.8. The summed E-state index contributed by atoms with van der Waals surface area (Å²) in [6.07, 6.45) is 7.09. The van der Waals surface area contributed by atoms with Crippen molar-refractivity contribution in [2.75, 3.05) is 13.2 Å². The Labute approximate surface area is 73.5 Å². The molecule has 3 heteroatoms. The van der Waals surface area contributed by atoms with Crippen molar-refractivity contribution in [2.24, 2.45) is 0 Å². The molecule has 0 rings (SSSR count). The fourth-order valence-corrected chi connectivity index (χ4v) is 0.597. The number of amides is 1. The van der Waals surface area contributed by atoms with Crippen LogP contribution in [0.25, 0.3) is 0 Å². The second-order valence-electron chi connectivity index (χ2n) is 2.37. The van der Waals surface area contributed by atoms with Gasteiger partial charge in [0.2, 0.25) is 0 Å². The molecule has 0 aromatic heterocycles. The number of hydrogen-bond donors (Lipinski definition) is 1. The zero-order chi connectivity index (χ0) is 9.23. The molecular weight excluding hydrogens is 154 g/mol. The van der Waals surface area contributed by atoms with Gasteiger partial charge in [-0.3, -0.25) is 0 Å². The topological polar surface area (TPSA) is 38.3 Å². The van der Waals surface area contributed by atoms with E-state index in [9.17, 15) is 4.79 Å². The lowest BCUT2D eigenvalue weighted by Gasteiger charge is -2.03. The highest BCUT2D eigenvalue weighted by Gasteiger charge is 1.97. The summed E-state index contributed by atoms with van der Waals surface area (Å²) in [5, 5.41) is 2.54. The molecule has 0 unspecified atom stereocenters. The van der Waals surface area contributed by atoms with Crippen molar-refractivity contribution in [3.8, 4) is 12.3 Å². The van der Waals surface area contributed by atoms with Gasteiger partial charge in [-0.15, -0.1) is 12.3 Å². The maximum absolute atomic E-state index is 10.8. The van der Waals surface area contributed by atoms with Crippen molar-refractivity contribution >= 4 is 6.09 Å². The van der Waals surface area contributed by atoms with Crippen LogP contribution < -0.4 is 5.32 Å². The van der Waals surface area contributed by atoms with Crippen LogP contribution in [-0.2, 0) is 4.74 Å². The number of alkyl carbamates (subject to hydrolysis) is 1. The van der Waals surface area contributed by atoms with Gasteiger partial charge >= 0.3 is 6.09 Å². The third-order valence-corrected chi connectivity index (χ3v) is 1.27. The summed E-state index contributed by atoms with van der Waals surface area (Å²) in [6.45, 7) is 3.01. The molecule has 0 aromatic carbocycles. The van der Waals surface area contributed by atoms with Crippen molar-refractivity contribution in [3.05, 3.63) is 0 Å². The quantitative estimate of drug-likeness (QED) is 0.500. The summed E-state index contributed by atoms with van der Waals surface area (Å²) >= 11 is 0. The first kappa shape index (κ1) is 10.8. The van der Waals surface area contributed by atoms with Crippen LogP contribution >= 0.6 is 0 Å². The molecule has 0 bridgehead atoms. The van der Waals surface area contributed by atoms with E-state index in [0.29, 0.717) is 19.6 Å². The van der Waals surface area contributed by atoms with Crippen LogP contribution in [0.4, 0.5) is 4.79 Å².